The Kier molecular flexibility index (Phi) is 3.39. The summed E-state index contributed by atoms with van der Waals surface area (Å²) >= 11 is 0. The fourth-order valence-electron chi connectivity index (χ4n) is 1.64. The SMILES string of the molecule is Cn1cc(Oc2ccc(C(F)(F)F)c(C(=N)N)c2)cn1. The Labute approximate surface area is 112 Å². The van der Waals surface area contributed by atoms with E-state index in [1.165, 1.54) is 16.9 Å². The van der Waals surface area contributed by atoms with Gasteiger partial charge in [0.15, 0.2) is 5.75 Å². The Morgan fingerprint density at radius 2 is 2.05 bits per heavy atom. The first kappa shape index (κ1) is 13.9. The standard InChI is InChI=1S/C12H11F3N4O/c1-19-6-8(5-18-19)20-7-2-3-10(12(13,14)15)9(4-7)11(16)17/h2-6H,1H3,(H3,16,17). The summed E-state index contributed by atoms with van der Waals surface area (Å²) in [5.41, 5.74) is 3.80. The lowest BCUT2D eigenvalue weighted by Gasteiger charge is -2.13. The van der Waals surface area contributed by atoms with Gasteiger partial charge in [-0.15, -0.1) is 0 Å². The van der Waals surface area contributed by atoms with Crippen LogP contribution in [-0.4, -0.2) is 15.6 Å². The van der Waals surface area contributed by atoms with Crippen LogP contribution in [0, 0.1) is 5.41 Å². The monoisotopic (exact) mass is 284 g/mol. The largest absolute Gasteiger partial charge is 0.454 e. The summed E-state index contributed by atoms with van der Waals surface area (Å²) in [6.45, 7) is 0. The van der Waals surface area contributed by atoms with Crippen LogP contribution in [0.5, 0.6) is 11.5 Å². The van der Waals surface area contributed by atoms with Gasteiger partial charge in [0.25, 0.3) is 0 Å². The first-order valence-corrected chi connectivity index (χ1v) is 5.49. The minimum Gasteiger partial charge on any atom is -0.454 e. The number of alkyl halides is 3. The van der Waals surface area contributed by atoms with Gasteiger partial charge in [-0.2, -0.15) is 18.3 Å². The second kappa shape index (κ2) is 4.87. The molecule has 0 aliphatic heterocycles. The highest BCUT2D eigenvalue weighted by molar-refractivity contribution is 5.97. The van der Waals surface area contributed by atoms with Crippen molar-refractivity contribution < 1.29 is 17.9 Å². The molecule has 0 bridgehead atoms. The highest BCUT2D eigenvalue weighted by Gasteiger charge is 2.34. The van der Waals surface area contributed by atoms with Crippen molar-refractivity contribution >= 4 is 5.84 Å². The molecule has 0 amide bonds. The van der Waals surface area contributed by atoms with Crippen molar-refractivity contribution in [2.75, 3.05) is 0 Å². The van der Waals surface area contributed by atoms with Crippen LogP contribution in [0.2, 0.25) is 0 Å². The number of hydrogen-bond acceptors (Lipinski definition) is 3. The van der Waals surface area contributed by atoms with Gasteiger partial charge in [-0.1, -0.05) is 0 Å². The van der Waals surface area contributed by atoms with Crippen LogP contribution < -0.4 is 10.5 Å². The molecule has 2 rings (SSSR count). The highest BCUT2D eigenvalue weighted by atomic mass is 19.4. The van der Waals surface area contributed by atoms with E-state index in [-0.39, 0.29) is 5.75 Å². The zero-order valence-electron chi connectivity index (χ0n) is 10.4. The van der Waals surface area contributed by atoms with E-state index in [4.69, 9.17) is 15.9 Å². The molecule has 3 N–H and O–H groups in total. The van der Waals surface area contributed by atoms with Gasteiger partial charge < -0.3 is 10.5 Å². The summed E-state index contributed by atoms with van der Waals surface area (Å²) in [6, 6.07) is 3.09. The number of rotatable bonds is 3. The van der Waals surface area contributed by atoms with E-state index in [1.54, 1.807) is 13.2 Å². The number of aryl methyl sites for hydroxylation is 1. The molecule has 0 fully saturated rings. The number of ether oxygens (including phenoxy) is 1. The smallest absolute Gasteiger partial charge is 0.417 e. The maximum atomic E-state index is 12.8. The summed E-state index contributed by atoms with van der Waals surface area (Å²) in [7, 11) is 1.68. The molecule has 1 aromatic carbocycles. The van der Waals surface area contributed by atoms with E-state index in [0.717, 1.165) is 12.1 Å². The number of nitrogen functional groups attached to an aromatic ring is 1. The fourth-order valence-corrected chi connectivity index (χ4v) is 1.64. The maximum absolute atomic E-state index is 12.8. The second-order valence-electron chi connectivity index (χ2n) is 4.07. The van der Waals surface area contributed by atoms with Crippen molar-refractivity contribution in [2.45, 2.75) is 6.18 Å². The van der Waals surface area contributed by atoms with Crippen molar-refractivity contribution in [3.05, 3.63) is 41.7 Å². The van der Waals surface area contributed by atoms with Crippen LogP contribution in [0.25, 0.3) is 0 Å². The molecular weight excluding hydrogens is 273 g/mol. The normalized spacial score (nSPS) is 11.4. The zero-order chi connectivity index (χ0) is 14.9. The molecule has 8 heteroatoms. The molecule has 0 unspecified atom stereocenters. The summed E-state index contributed by atoms with van der Waals surface area (Å²) in [5.74, 6) is -0.146. The molecule has 0 atom stereocenters. The molecule has 1 aromatic heterocycles. The topological polar surface area (TPSA) is 76.9 Å². The Hall–Kier alpha value is -2.51. The van der Waals surface area contributed by atoms with E-state index in [9.17, 15) is 13.2 Å². The predicted octanol–water partition coefficient (Wildman–Crippen LogP) is 2.52. The second-order valence-corrected chi connectivity index (χ2v) is 4.07. The van der Waals surface area contributed by atoms with E-state index in [2.05, 4.69) is 5.10 Å². The zero-order valence-corrected chi connectivity index (χ0v) is 10.4. The average Bonchev–Trinajstić information content (AvgIpc) is 2.73. The highest BCUT2D eigenvalue weighted by Crippen LogP contribution is 2.34. The molecule has 0 aliphatic carbocycles. The summed E-state index contributed by atoms with van der Waals surface area (Å²) < 4.78 is 45.1. The minimum absolute atomic E-state index is 0.149. The number of nitrogens with two attached hydrogens (primary N) is 1. The van der Waals surface area contributed by atoms with Crippen molar-refractivity contribution in [3.63, 3.8) is 0 Å². The van der Waals surface area contributed by atoms with Crippen LogP contribution in [0.1, 0.15) is 11.1 Å². The number of benzene rings is 1. The van der Waals surface area contributed by atoms with E-state index >= 15 is 0 Å². The van der Waals surface area contributed by atoms with Crippen molar-refractivity contribution in [1.29, 1.82) is 5.41 Å². The van der Waals surface area contributed by atoms with Gasteiger partial charge in [0.1, 0.15) is 11.6 Å². The number of nitrogens with one attached hydrogen (secondary N) is 1. The Morgan fingerprint density at radius 1 is 1.35 bits per heavy atom. The fraction of sp³-hybridized carbons (Fsp3) is 0.167. The van der Waals surface area contributed by atoms with Crippen molar-refractivity contribution in [1.82, 2.24) is 9.78 Å². The minimum atomic E-state index is -4.58. The third-order valence-electron chi connectivity index (χ3n) is 2.50. The van der Waals surface area contributed by atoms with E-state index < -0.39 is 23.1 Å². The van der Waals surface area contributed by atoms with Gasteiger partial charge in [-0.3, -0.25) is 10.1 Å². The van der Waals surface area contributed by atoms with Crippen molar-refractivity contribution in [3.8, 4) is 11.5 Å². The average molecular weight is 284 g/mol. The number of hydrogen-bond donors (Lipinski definition) is 2. The van der Waals surface area contributed by atoms with Crippen LogP contribution in [0.3, 0.4) is 0 Å². The number of aromatic nitrogens is 2. The molecule has 0 saturated heterocycles. The third-order valence-corrected chi connectivity index (χ3v) is 2.50. The number of nitrogens with zero attached hydrogens (tertiary/aromatic N) is 2. The van der Waals surface area contributed by atoms with Gasteiger partial charge >= 0.3 is 6.18 Å². The van der Waals surface area contributed by atoms with Crippen LogP contribution >= 0.6 is 0 Å². The molecule has 20 heavy (non-hydrogen) atoms. The molecule has 5 nitrogen and oxygen atoms in total. The third kappa shape index (κ3) is 2.90. The Morgan fingerprint density at radius 3 is 2.55 bits per heavy atom. The van der Waals surface area contributed by atoms with E-state index in [0.29, 0.717) is 5.75 Å². The van der Waals surface area contributed by atoms with Gasteiger partial charge in [0.05, 0.1) is 18.0 Å². The quantitative estimate of drug-likeness (QED) is 0.671. The summed E-state index contributed by atoms with van der Waals surface area (Å²) in [4.78, 5) is 0. The first-order chi connectivity index (χ1) is 9.27. The van der Waals surface area contributed by atoms with Gasteiger partial charge in [-0.05, 0) is 18.2 Å². The van der Waals surface area contributed by atoms with Gasteiger partial charge in [0, 0.05) is 12.6 Å². The summed E-state index contributed by atoms with van der Waals surface area (Å²) in [5, 5.41) is 11.1. The van der Waals surface area contributed by atoms with Crippen molar-refractivity contribution in [2.24, 2.45) is 12.8 Å². The molecule has 106 valence electrons. The van der Waals surface area contributed by atoms with Gasteiger partial charge in [-0.25, -0.2) is 0 Å². The molecule has 0 spiro atoms. The van der Waals surface area contributed by atoms with Gasteiger partial charge in [0.2, 0.25) is 0 Å². The number of halogens is 3. The predicted molar refractivity (Wildman–Crippen MR) is 65.7 cm³/mol. The lowest BCUT2D eigenvalue weighted by molar-refractivity contribution is -0.137. The van der Waals surface area contributed by atoms with E-state index in [1.807, 2.05) is 0 Å². The lowest BCUT2D eigenvalue weighted by atomic mass is 10.1. The van der Waals surface area contributed by atoms with Crippen LogP contribution in [-0.2, 0) is 13.2 Å². The summed E-state index contributed by atoms with van der Waals surface area (Å²) in [6.07, 6.45) is -1.59. The van der Waals surface area contributed by atoms with Crippen LogP contribution in [0.4, 0.5) is 13.2 Å². The first-order valence-electron chi connectivity index (χ1n) is 5.49. The molecular formula is C12H11F3N4O. The maximum Gasteiger partial charge on any atom is 0.417 e. The van der Waals surface area contributed by atoms with Crippen LogP contribution in [0.15, 0.2) is 30.6 Å². The molecule has 0 aliphatic rings. The molecule has 2 aromatic rings. The Balaban J connectivity index is 2.38. The molecule has 0 saturated carbocycles. The Bertz CT molecular complexity index is 648. The molecule has 1 heterocycles. The number of amidine groups is 1. The molecule has 0 radical (unpaired) electrons. The lowest BCUT2D eigenvalue weighted by Crippen LogP contribution is -2.18.